The van der Waals surface area contributed by atoms with Gasteiger partial charge in [-0.25, -0.2) is 0 Å². The molecule has 1 unspecified atom stereocenters. The van der Waals surface area contributed by atoms with Gasteiger partial charge in [-0.15, -0.1) is 0 Å². The first-order valence-electron chi connectivity index (χ1n) is 7.04. The Labute approximate surface area is 129 Å². The minimum atomic E-state index is -0.153. The zero-order valence-corrected chi connectivity index (χ0v) is 13.2. The van der Waals surface area contributed by atoms with Crippen LogP contribution in [0, 0.1) is 6.92 Å². The quantitative estimate of drug-likeness (QED) is 0.795. The van der Waals surface area contributed by atoms with Crippen LogP contribution in [0.4, 0.5) is 11.4 Å². The van der Waals surface area contributed by atoms with Crippen LogP contribution in [0.3, 0.4) is 0 Å². The molecule has 21 heavy (non-hydrogen) atoms. The average molecular weight is 307 g/mol. The van der Waals surface area contributed by atoms with E-state index < -0.39 is 0 Å². The van der Waals surface area contributed by atoms with Crippen LogP contribution in [-0.2, 0) is 9.59 Å². The van der Waals surface area contributed by atoms with E-state index in [4.69, 9.17) is 0 Å². The van der Waals surface area contributed by atoms with Crippen molar-refractivity contribution in [2.45, 2.75) is 26.3 Å². The van der Waals surface area contributed by atoms with E-state index in [2.05, 4.69) is 16.0 Å². The van der Waals surface area contributed by atoms with Crippen molar-refractivity contribution in [3.05, 3.63) is 23.8 Å². The van der Waals surface area contributed by atoms with E-state index in [1.807, 2.05) is 30.8 Å². The number of hydrogen-bond donors (Lipinski definition) is 3. The van der Waals surface area contributed by atoms with E-state index >= 15 is 0 Å². The standard InChI is InChI=1S/C15H21N3O2S/c1-10-3-4-13(17-11(2)19)14(7-10)18-15(20)8-12-9-21-6-5-16-12/h3-4,7,12,16H,5-6,8-9H2,1-2H3,(H,17,19)(H,18,20). The second kappa shape index (κ2) is 7.47. The fraction of sp³-hybridized carbons (Fsp3) is 0.467. The summed E-state index contributed by atoms with van der Waals surface area (Å²) < 4.78 is 0. The number of benzene rings is 1. The highest BCUT2D eigenvalue weighted by Gasteiger charge is 2.17. The topological polar surface area (TPSA) is 70.2 Å². The molecule has 6 heteroatoms. The lowest BCUT2D eigenvalue weighted by Crippen LogP contribution is -2.39. The van der Waals surface area contributed by atoms with Crippen LogP contribution in [0.15, 0.2) is 18.2 Å². The van der Waals surface area contributed by atoms with Gasteiger partial charge < -0.3 is 16.0 Å². The van der Waals surface area contributed by atoms with Gasteiger partial charge in [0.05, 0.1) is 11.4 Å². The fourth-order valence-corrected chi connectivity index (χ4v) is 3.19. The molecule has 5 nitrogen and oxygen atoms in total. The van der Waals surface area contributed by atoms with E-state index in [1.165, 1.54) is 6.92 Å². The molecule has 1 aromatic rings. The van der Waals surface area contributed by atoms with Crippen molar-refractivity contribution in [1.82, 2.24) is 5.32 Å². The minimum Gasteiger partial charge on any atom is -0.325 e. The van der Waals surface area contributed by atoms with E-state index in [1.54, 1.807) is 6.07 Å². The monoisotopic (exact) mass is 307 g/mol. The summed E-state index contributed by atoms with van der Waals surface area (Å²) in [4.78, 5) is 23.4. The van der Waals surface area contributed by atoms with Gasteiger partial charge in [-0.2, -0.15) is 11.8 Å². The Bertz CT molecular complexity index is 528. The maximum Gasteiger partial charge on any atom is 0.226 e. The Morgan fingerprint density at radius 3 is 2.81 bits per heavy atom. The molecular weight excluding hydrogens is 286 g/mol. The van der Waals surface area contributed by atoms with Gasteiger partial charge in [0.25, 0.3) is 0 Å². The van der Waals surface area contributed by atoms with Gasteiger partial charge in [0, 0.05) is 37.4 Å². The SMILES string of the molecule is CC(=O)Nc1ccc(C)cc1NC(=O)CC1CSCCN1. The van der Waals surface area contributed by atoms with Gasteiger partial charge >= 0.3 is 0 Å². The fourth-order valence-electron chi connectivity index (χ4n) is 2.24. The summed E-state index contributed by atoms with van der Waals surface area (Å²) >= 11 is 1.87. The molecule has 0 aromatic heterocycles. The first-order valence-corrected chi connectivity index (χ1v) is 8.19. The first kappa shape index (κ1) is 15.9. The van der Waals surface area contributed by atoms with E-state index in [0.717, 1.165) is 23.6 Å². The zero-order chi connectivity index (χ0) is 15.2. The number of carbonyl (C=O) groups is 2. The normalized spacial score (nSPS) is 18.1. The lowest BCUT2D eigenvalue weighted by Gasteiger charge is -2.22. The number of anilines is 2. The van der Waals surface area contributed by atoms with Gasteiger partial charge in [0.15, 0.2) is 0 Å². The van der Waals surface area contributed by atoms with Gasteiger partial charge in [0.2, 0.25) is 11.8 Å². The smallest absolute Gasteiger partial charge is 0.226 e. The molecule has 3 N–H and O–H groups in total. The molecule has 2 rings (SSSR count). The number of hydrogen-bond acceptors (Lipinski definition) is 4. The summed E-state index contributed by atoms with van der Waals surface area (Å²) in [7, 11) is 0. The third-order valence-electron chi connectivity index (χ3n) is 3.19. The molecule has 0 bridgehead atoms. The summed E-state index contributed by atoms with van der Waals surface area (Å²) in [5.74, 6) is 1.87. The maximum atomic E-state index is 12.2. The predicted octanol–water partition coefficient (Wildman–Crippen LogP) is 1.99. The van der Waals surface area contributed by atoms with Crippen LogP contribution in [0.5, 0.6) is 0 Å². The molecule has 0 spiro atoms. The molecule has 1 atom stereocenters. The average Bonchev–Trinajstić information content (AvgIpc) is 2.42. The van der Waals surface area contributed by atoms with E-state index in [9.17, 15) is 9.59 Å². The van der Waals surface area contributed by atoms with Crippen LogP contribution < -0.4 is 16.0 Å². The van der Waals surface area contributed by atoms with Crippen molar-refractivity contribution in [1.29, 1.82) is 0 Å². The Morgan fingerprint density at radius 1 is 1.33 bits per heavy atom. The lowest BCUT2D eigenvalue weighted by atomic mass is 10.1. The predicted molar refractivity (Wildman–Crippen MR) is 87.8 cm³/mol. The number of thioether (sulfide) groups is 1. The van der Waals surface area contributed by atoms with Crippen molar-refractivity contribution in [3.8, 4) is 0 Å². The largest absolute Gasteiger partial charge is 0.325 e. The Kier molecular flexibility index (Phi) is 5.64. The maximum absolute atomic E-state index is 12.2. The van der Waals surface area contributed by atoms with Gasteiger partial charge in [-0.3, -0.25) is 9.59 Å². The van der Waals surface area contributed by atoms with Crippen LogP contribution in [-0.4, -0.2) is 35.9 Å². The van der Waals surface area contributed by atoms with Crippen molar-refractivity contribution >= 4 is 35.0 Å². The second-order valence-electron chi connectivity index (χ2n) is 5.21. The minimum absolute atomic E-state index is 0.0350. The third-order valence-corrected chi connectivity index (χ3v) is 4.32. The van der Waals surface area contributed by atoms with E-state index in [0.29, 0.717) is 17.8 Å². The second-order valence-corrected chi connectivity index (χ2v) is 6.36. The summed E-state index contributed by atoms with van der Waals surface area (Å²) in [6.45, 7) is 4.35. The molecule has 1 saturated heterocycles. The molecule has 1 heterocycles. The van der Waals surface area contributed by atoms with Crippen LogP contribution >= 0.6 is 11.8 Å². The molecule has 2 amide bonds. The Balaban J connectivity index is 2.01. The van der Waals surface area contributed by atoms with E-state index in [-0.39, 0.29) is 17.9 Å². The number of aryl methyl sites for hydroxylation is 1. The van der Waals surface area contributed by atoms with Crippen LogP contribution in [0.2, 0.25) is 0 Å². The molecular formula is C15H21N3O2S. The molecule has 1 aromatic carbocycles. The zero-order valence-electron chi connectivity index (χ0n) is 12.4. The van der Waals surface area contributed by atoms with Crippen molar-refractivity contribution in [3.63, 3.8) is 0 Å². The highest BCUT2D eigenvalue weighted by Crippen LogP contribution is 2.23. The number of rotatable bonds is 4. The Hall–Kier alpha value is -1.53. The molecule has 114 valence electrons. The van der Waals surface area contributed by atoms with Gasteiger partial charge in [-0.05, 0) is 24.6 Å². The third kappa shape index (κ3) is 5.06. The summed E-state index contributed by atoms with van der Waals surface area (Å²) in [6.07, 6.45) is 0.445. The molecule has 1 fully saturated rings. The molecule has 0 saturated carbocycles. The summed E-state index contributed by atoms with van der Waals surface area (Å²) in [5, 5.41) is 8.98. The van der Waals surface area contributed by atoms with Gasteiger partial charge in [0.1, 0.15) is 0 Å². The highest BCUT2D eigenvalue weighted by molar-refractivity contribution is 7.99. The summed E-state index contributed by atoms with van der Waals surface area (Å²) in [5.41, 5.74) is 2.32. The Morgan fingerprint density at radius 2 is 2.14 bits per heavy atom. The molecule has 0 aliphatic carbocycles. The van der Waals surface area contributed by atoms with Crippen LogP contribution in [0.25, 0.3) is 0 Å². The number of nitrogens with one attached hydrogen (secondary N) is 3. The summed E-state index contributed by atoms with van der Waals surface area (Å²) in [6, 6.07) is 5.80. The molecule has 1 aliphatic rings. The number of carbonyl (C=O) groups excluding carboxylic acids is 2. The van der Waals surface area contributed by atoms with Crippen molar-refractivity contribution < 1.29 is 9.59 Å². The number of amides is 2. The lowest BCUT2D eigenvalue weighted by molar-refractivity contribution is -0.116. The highest BCUT2D eigenvalue weighted by atomic mass is 32.2. The van der Waals surface area contributed by atoms with Gasteiger partial charge in [-0.1, -0.05) is 6.07 Å². The molecule has 1 aliphatic heterocycles. The molecule has 0 radical (unpaired) electrons. The van der Waals surface area contributed by atoms with Crippen LogP contribution in [0.1, 0.15) is 18.9 Å². The first-order chi connectivity index (χ1) is 10.0. The van der Waals surface area contributed by atoms with Crippen molar-refractivity contribution in [2.24, 2.45) is 0 Å². The van der Waals surface area contributed by atoms with Crippen molar-refractivity contribution in [2.75, 3.05) is 28.7 Å².